The maximum Gasteiger partial charge on any atom is 0.309 e. The number of carboxylic acid groups (broad SMARTS) is 1. The van der Waals surface area contributed by atoms with Crippen molar-refractivity contribution in [3.05, 3.63) is 0 Å². The fourth-order valence-corrected chi connectivity index (χ4v) is 4.26. The van der Waals surface area contributed by atoms with Crippen molar-refractivity contribution >= 4 is 15.8 Å². The van der Waals surface area contributed by atoms with E-state index < -0.39 is 21.2 Å². The molecule has 4 nitrogen and oxygen atoms in total. The zero-order valence-corrected chi connectivity index (χ0v) is 10.0. The minimum atomic E-state index is -2.99. The molecule has 2 unspecified atom stereocenters. The molecule has 1 aliphatic heterocycles. The molecule has 0 radical (unpaired) electrons. The topological polar surface area (TPSA) is 71.4 Å². The smallest absolute Gasteiger partial charge is 0.309 e. The minimum Gasteiger partial charge on any atom is -0.481 e. The standard InChI is InChI=1S/C10H18O4S/c1-3-5-10(2,9(11)12)8-4-6-15(13,14)7-8/h8H,3-7H2,1-2H3,(H,11,12). The van der Waals surface area contributed by atoms with Crippen LogP contribution < -0.4 is 0 Å². The van der Waals surface area contributed by atoms with Crippen LogP contribution in [-0.2, 0) is 14.6 Å². The lowest BCUT2D eigenvalue weighted by atomic mass is 9.73. The van der Waals surface area contributed by atoms with Gasteiger partial charge in [-0.2, -0.15) is 0 Å². The number of hydrogen-bond acceptors (Lipinski definition) is 3. The predicted octanol–water partition coefficient (Wildman–Crippen LogP) is 1.31. The fourth-order valence-electron chi connectivity index (χ4n) is 2.30. The lowest BCUT2D eigenvalue weighted by Gasteiger charge is -2.30. The van der Waals surface area contributed by atoms with Gasteiger partial charge in [0.15, 0.2) is 9.84 Å². The fraction of sp³-hybridized carbons (Fsp3) is 0.900. The van der Waals surface area contributed by atoms with Crippen LogP contribution in [-0.4, -0.2) is 31.0 Å². The van der Waals surface area contributed by atoms with Gasteiger partial charge >= 0.3 is 5.97 Å². The van der Waals surface area contributed by atoms with Crippen LogP contribution in [0.4, 0.5) is 0 Å². The zero-order valence-electron chi connectivity index (χ0n) is 9.19. The van der Waals surface area contributed by atoms with Gasteiger partial charge in [0.25, 0.3) is 0 Å². The molecular formula is C10H18O4S. The van der Waals surface area contributed by atoms with Crippen molar-refractivity contribution in [1.29, 1.82) is 0 Å². The monoisotopic (exact) mass is 234 g/mol. The maximum atomic E-state index is 11.3. The molecule has 88 valence electrons. The van der Waals surface area contributed by atoms with Crippen LogP contribution in [0.5, 0.6) is 0 Å². The van der Waals surface area contributed by atoms with Gasteiger partial charge in [0.05, 0.1) is 16.9 Å². The first kappa shape index (κ1) is 12.5. The first-order valence-electron chi connectivity index (χ1n) is 5.25. The van der Waals surface area contributed by atoms with E-state index >= 15 is 0 Å². The largest absolute Gasteiger partial charge is 0.481 e. The highest BCUT2D eigenvalue weighted by molar-refractivity contribution is 7.91. The van der Waals surface area contributed by atoms with Crippen molar-refractivity contribution in [3.8, 4) is 0 Å². The number of hydrogen-bond donors (Lipinski definition) is 1. The summed E-state index contributed by atoms with van der Waals surface area (Å²) < 4.78 is 22.6. The first-order valence-corrected chi connectivity index (χ1v) is 7.08. The van der Waals surface area contributed by atoms with Crippen molar-refractivity contribution in [1.82, 2.24) is 0 Å². The van der Waals surface area contributed by atoms with Crippen molar-refractivity contribution in [2.45, 2.75) is 33.1 Å². The molecular weight excluding hydrogens is 216 g/mol. The Morgan fingerprint density at radius 2 is 2.13 bits per heavy atom. The van der Waals surface area contributed by atoms with Crippen LogP contribution in [0.15, 0.2) is 0 Å². The second kappa shape index (κ2) is 4.12. The first-order chi connectivity index (χ1) is 6.82. The molecule has 5 heteroatoms. The molecule has 0 saturated carbocycles. The van der Waals surface area contributed by atoms with Gasteiger partial charge in [0.2, 0.25) is 0 Å². The minimum absolute atomic E-state index is 0.0375. The summed E-state index contributed by atoms with van der Waals surface area (Å²) in [5, 5.41) is 9.20. The summed E-state index contributed by atoms with van der Waals surface area (Å²) in [7, 11) is -2.99. The Kier molecular flexibility index (Phi) is 3.43. The van der Waals surface area contributed by atoms with Gasteiger partial charge in [0, 0.05) is 0 Å². The molecule has 1 aliphatic rings. The average Bonchev–Trinajstić information content (AvgIpc) is 2.46. The van der Waals surface area contributed by atoms with Crippen LogP contribution >= 0.6 is 0 Å². The lowest BCUT2D eigenvalue weighted by molar-refractivity contribution is -0.151. The van der Waals surface area contributed by atoms with Gasteiger partial charge in [-0.3, -0.25) is 4.79 Å². The number of carboxylic acids is 1. The van der Waals surface area contributed by atoms with Gasteiger partial charge in [-0.15, -0.1) is 0 Å². The SMILES string of the molecule is CCCC(C)(C(=O)O)C1CCS(=O)(=O)C1. The summed E-state index contributed by atoms with van der Waals surface area (Å²) in [5.74, 6) is -0.911. The molecule has 0 aromatic carbocycles. The zero-order chi connectivity index (χ0) is 11.7. The molecule has 1 saturated heterocycles. The van der Waals surface area contributed by atoms with E-state index in [1.807, 2.05) is 6.92 Å². The van der Waals surface area contributed by atoms with E-state index in [-0.39, 0.29) is 17.4 Å². The number of rotatable bonds is 4. The van der Waals surface area contributed by atoms with Crippen LogP contribution in [0.2, 0.25) is 0 Å². The molecule has 1 fully saturated rings. The van der Waals surface area contributed by atoms with E-state index in [0.29, 0.717) is 12.8 Å². The quantitative estimate of drug-likeness (QED) is 0.796. The van der Waals surface area contributed by atoms with Crippen molar-refractivity contribution in [2.75, 3.05) is 11.5 Å². The van der Waals surface area contributed by atoms with E-state index in [2.05, 4.69) is 0 Å². The van der Waals surface area contributed by atoms with Gasteiger partial charge in [0.1, 0.15) is 0 Å². The Morgan fingerprint density at radius 3 is 2.47 bits per heavy atom. The second-order valence-electron chi connectivity index (χ2n) is 4.57. The van der Waals surface area contributed by atoms with Crippen LogP contribution in [0.25, 0.3) is 0 Å². The predicted molar refractivity (Wildman–Crippen MR) is 57.4 cm³/mol. The Balaban J connectivity index is 2.88. The number of carbonyl (C=O) groups is 1. The third-order valence-corrected chi connectivity index (χ3v) is 5.16. The van der Waals surface area contributed by atoms with Gasteiger partial charge < -0.3 is 5.11 Å². The molecule has 0 amide bonds. The second-order valence-corrected chi connectivity index (χ2v) is 6.80. The Bertz CT molecular complexity index is 346. The van der Waals surface area contributed by atoms with Crippen LogP contribution in [0.3, 0.4) is 0 Å². The summed E-state index contributed by atoms with van der Waals surface area (Å²) >= 11 is 0. The van der Waals surface area contributed by atoms with Crippen LogP contribution in [0.1, 0.15) is 33.1 Å². The molecule has 15 heavy (non-hydrogen) atoms. The third-order valence-electron chi connectivity index (χ3n) is 3.39. The van der Waals surface area contributed by atoms with Gasteiger partial charge in [-0.1, -0.05) is 13.3 Å². The third kappa shape index (κ3) is 2.51. The number of aliphatic carboxylic acids is 1. The molecule has 2 atom stereocenters. The summed E-state index contributed by atoms with van der Waals surface area (Å²) in [6.45, 7) is 3.59. The summed E-state index contributed by atoms with van der Waals surface area (Å²) in [6.07, 6.45) is 1.80. The number of sulfone groups is 1. The molecule has 1 heterocycles. The lowest BCUT2D eigenvalue weighted by Crippen LogP contribution is -2.36. The Labute approximate surface area is 90.6 Å². The van der Waals surface area contributed by atoms with Crippen molar-refractivity contribution in [2.24, 2.45) is 11.3 Å². The van der Waals surface area contributed by atoms with E-state index in [1.165, 1.54) is 0 Å². The van der Waals surface area contributed by atoms with Gasteiger partial charge in [-0.05, 0) is 25.7 Å². The molecule has 0 aromatic heterocycles. The Hall–Kier alpha value is -0.580. The highest BCUT2D eigenvalue weighted by atomic mass is 32.2. The van der Waals surface area contributed by atoms with Gasteiger partial charge in [-0.25, -0.2) is 8.42 Å². The summed E-state index contributed by atoms with van der Waals surface area (Å²) in [4.78, 5) is 11.2. The molecule has 1 rings (SSSR count). The molecule has 0 aromatic rings. The van der Waals surface area contributed by atoms with E-state index in [4.69, 9.17) is 0 Å². The Morgan fingerprint density at radius 1 is 1.53 bits per heavy atom. The van der Waals surface area contributed by atoms with E-state index in [1.54, 1.807) is 6.92 Å². The average molecular weight is 234 g/mol. The highest BCUT2D eigenvalue weighted by Gasteiger charge is 2.45. The van der Waals surface area contributed by atoms with Crippen molar-refractivity contribution in [3.63, 3.8) is 0 Å². The molecule has 0 spiro atoms. The molecule has 0 bridgehead atoms. The maximum absolute atomic E-state index is 11.3. The molecule has 0 aliphatic carbocycles. The molecule has 1 N–H and O–H groups in total. The summed E-state index contributed by atoms with van der Waals surface area (Å²) in [6, 6.07) is 0. The van der Waals surface area contributed by atoms with E-state index in [9.17, 15) is 18.3 Å². The van der Waals surface area contributed by atoms with Crippen LogP contribution in [0, 0.1) is 11.3 Å². The van der Waals surface area contributed by atoms with Crippen molar-refractivity contribution < 1.29 is 18.3 Å². The summed E-state index contributed by atoms with van der Waals surface area (Å²) in [5.41, 5.74) is -0.877. The highest BCUT2D eigenvalue weighted by Crippen LogP contribution is 2.39. The van der Waals surface area contributed by atoms with E-state index in [0.717, 1.165) is 6.42 Å². The normalized spacial score (nSPS) is 28.5.